The summed E-state index contributed by atoms with van der Waals surface area (Å²) in [4.78, 5) is 4.12. The fourth-order valence-corrected chi connectivity index (χ4v) is 2.87. The highest BCUT2D eigenvalue weighted by molar-refractivity contribution is 5.94. The SMILES string of the molecule is Fc1cccc(F)c1CCn1cc(-c2cccc3cnccc23)nn1. The number of nitrogens with zero attached hydrogens (tertiary/aromatic N) is 4. The van der Waals surface area contributed by atoms with Crippen LogP contribution in [-0.4, -0.2) is 20.0 Å². The maximum absolute atomic E-state index is 13.7. The molecule has 0 aliphatic heterocycles. The Morgan fingerprint density at radius 2 is 1.76 bits per heavy atom. The normalized spacial score (nSPS) is 11.1. The molecule has 2 aromatic heterocycles. The van der Waals surface area contributed by atoms with Crippen molar-refractivity contribution in [1.29, 1.82) is 0 Å². The van der Waals surface area contributed by atoms with Crippen molar-refractivity contribution in [2.75, 3.05) is 0 Å². The minimum Gasteiger partial charge on any atom is -0.264 e. The van der Waals surface area contributed by atoms with Crippen LogP contribution in [0.25, 0.3) is 22.0 Å². The van der Waals surface area contributed by atoms with Crippen molar-refractivity contribution in [2.24, 2.45) is 0 Å². The molecule has 0 atom stereocenters. The number of benzene rings is 2. The van der Waals surface area contributed by atoms with E-state index in [2.05, 4.69) is 15.3 Å². The first kappa shape index (κ1) is 15.4. The summed E-state index contributed by atoms with van der Waals surface area (Å²) in [6, 6.07) is 11.7. The Bertz CT molecular complexity index is 1020. The van der Waals surface area contributed by atoms with Crippen LogP contribution in [0.2, 0.25) is 0 Å². The molecule has 0 saturated heterocycles. The lowest BCUT2D eigenvalue weighted by molar-refractivity contribution is 0.523. The fourth-order valence-electron chi connectivity index (χ4n) is 2.87. The molecule has 0 spiro atoms. The summed E-state index contributed by atoms with van der Waals surface area (Å²) in [5, 5.41) is 10.3. The summed E-state index contributed by atoms with van der Waals surface area (Å²) in [7, 11) is 0. The first-order valence-corrected chi connectivity index (χ1v) is 7.88. The van der Waals surface area contributed by atoms with Gasteiger partial charge in [-0.2, -0.15) is 0 Å². The number of aryl methyl sites for hydroxylation is 1. The highest BCUT2D eigenvalue weighted by Gasteiger charge is 2.11. The highest BCUT2D eigenvalue weighted by atomic mass is 19.1. The third kappa shape index (κ3) is 2.98. The average molecular weight is 336 g/mol. The van der Waals surface area contributed by atoms with Crippen molar-refractivity contribution < 1.29 is 8.78 Å². The number of pyridine rings is 1. The smallest absolute Gasteiger partial charge is 0.129 e. The maximum Gasteiger partial charge on any atom is 0.129 e. The van der Waals surface area contributed by atoms with Gasteiger partial charge in [0.2, 0.25) is 0 Å². The van der Waals surface area contributed by atoms with Crippen LogP contribution < -0.4 is 0 Å². The highest BCUT2D eigenvalue weighted by Crippen LogP contribution is 2.26. The van der Waals surface area contributed by atoms with Gasteiger partial charge < -0.3 is 0 Å². The second-order valence-electron chi connectivity index (χ2n) is 5.72. The molecule has 2 heterocycles. The van der Waals surface area contributed by atoms with E-state index in [-0.39, 0.29) is 12.0 Å². The minimum absolute atomic E-state index is 0.0655. The van der Waals surface area contributed by atoms with Crippen molar-refractivity contribution in [3.8, 4) is 11.3 Å². The van der Waals surface area contributed by atoms with Gasteiger partial charge in [-0.15, -0.1) is 5.10 Å². The molecule has 25 heavy (non-hydrogen) atoms. The van der Waals surface area contributed by atoms with Crippen LogP contribution in [-0.2, 0) is 13.0 Å². The van der Waals surface area contributed by atoms with E-state index in [1.165, 1.54) is 18.2 Å². The third-order valence-electron chi connectivity index (χ3n) is 4.15. The molecular weight excluding hydrogens is 322 g/mol. The van der Waals surface area contributed by atoms with Crippen LogP contribution in [0, 0.1) is 11.6 Å². The van der Waals surface area contributed by atoms with E-state index in [9.17, 15) is 8.78 Å². The van der Waals surface area contributed by atoms with Gasteiger partial charge in [0.05, 0.1) is 6.20 Å². The Morgan fingerprint density at radius 3 is 2.60 bits per heavy atom. The second-order valence-corrected chi connectivity index (χ2v) is 5.72. The molecule has 0 fully saturated rings. The quantitative estimate of drug-likeness (QED) is 0.565. The van der Waals surface area contributed by atoms with E-state index in [0.29, 0.717) is 12.2 Å². The zero-order chi connectivity index (χ0) is 17.2. The Hall–Kier alpha value is -3.15. The van der Waals surface area contributed by atoms with Crippen molar-refractivity contribution in [1.82, 2.24) is 20.0 Å². The van der Waals surface area contributed by atoms with Gasteiger partial charge in [-0.3, -0.25) is 9.67 Å². The molecule has 0 bridgehead atoms. The molecule has 4 nitrogen and oxygen atoms in total. The molecule has 124 valence electrons. The molecule has 0 N–H and O–H groups in total. The molecule has 6 heteroatoms. The largest absolute Gasteiger partial charge is 0.264 e. The first-order valence-electron chi connectivity index (χ1n) is 7.88. The van der Waals surface area contributed by atoms with Crippen molar-refractivity contribution in [2.45, 2.75) is 13.0 Å². The average Bonchev–Trinajstić information content (AvgIpc) is 3.09. The zero-order valence-electron chi connectivity index (χ0n) is 13.2. The topological polar surface area (TPSA) is 43.6 Å². The molecule has 4 rings (SSSR count). The van der Waals surface area contributed by atoms with E-state index in [1.54, 1.807) is 23.3 Å². The van der Waals surface area contributed by atoms with E-state index in [1.807, 2.05) is 24.3 Å². The summed E-state index contributed by atoms with van der Waals surface area (Å²) >= 11 is 0. The number of fused-ring (bicyclic) bond motifs is 1. The van der Waals surface area contributed by atoms with E-state index in [4.69, 9.17) is 0 Å². The molecule has 2 aromatic carbocycles. The monoisotopic (exact) mass is 336 g/mol. The summed E-state index contributed by atoms with van der Waals surface area (Å²) in [6.45, 7) is 0.344. The molecule has 0 unspecified atom stereocenters. The van der Waals surface area contributed by atoms with Crippen LogP contribution >= 0.6 is 0 Å². The van der Waals surface area contributed by atoms with Crippen LogP contribution in [0.15, 0.2) is 61.1 Å². The van der Waals surface area contributed by atoms with Gasteiger partial charge in [0.1, 0.15) is 17.3 Å². The van der Waals surface area contributed by atoms with Gasteiger partial charge in [0.15, 0.2) is 0 Å². The Labute approximate surface area is 142 Å². The predicted octanol–water partition coefficient (Wildman–Crippen LogP) is 4.01. The summed E-state index contributed by atoms with van der Waals surface area (Å²) < 4.78 is 29.0. The lowest BCUT2D eigenvalue weighted by atomic mass is 10.0. The van der Waals surface area contributed by atoms with Gasteiger partial charge >= 0.3 is 0 Å². The van der Waals surface area contributed by atoms with Crippen LogP contribution in [0.3, 0.4) is 0 Å². The zero-order valence-corrected chi connectivity index (χ0v) is 13.2. The molecule has 4 aromatic rings. The van der Waals surface area contributed by atoms with Crippen LogP contribution in [0.4, 0.5) is 8.78 Å². The number of hydrogen-bond acceptors (Lipinski definition) is 3. The van der Waals surface area contributed by atoms with E-state index >= 15 is 0 Å². The van der Waals surface area contributed by atoms with Crippen LogP contribution in [0.1, 0.15) is 5.56 Å². The second kappa shape index (κ2) is 6.39. The maximum atomic E-state index is 13.7. The van der Waals surface area contributed by atoms with E-state index < -0.39 is 11.6 Å². The molecule has 0 amide bonds. The van der Waals surface area contributed by atoms with E-state index in [0.717, 1.165) is 16.3 Å². The minimum atomic E-state index is -0.540. The van der Waals surface area contributed by atoms with Crippen molar-refractivity contribution in [3.05, 3.63) is 78.3 Å². The molecule has 0 radical (unpaired) electrons. The predicted molar refractivity (Wildman–Crippen MR) is 90.8 cm³/mol. The summed E-state index contributed by atoms with van der Waals surface area (Å²) in [6.07, 6.45) is 5.52. The van der Waals surface area contributed by atoms with Gasteiger partial charge in [0.25, 0.3) is 0 Å². The molecule has 0 aliphatic carbocycles. The Morgan fingerprint density at radius 1 is 0.960 bits per heavy atom. The number of hydrogen-bond donors (Lipinski definition) is 0. The number of rotatable bonds is 4. The lowest BCUT2D eigenvalue weighted by Gasteiger charge is -2.04. The fraction of sp³-hybridized carbons (Fsp3) is 0.105. The van der Waals surface area contributed by atoms with Gasteiger partial charge in [-0.1, -0.05) is 29.5 Å². The number of aromatic nitrogens is 4. The van der Waals surface area contributed by atoms with Crippen molar-refractivity contribution >= 4 is 10.8 Å². The van der Waals surface area contributed by atoms with Crippen LogP contribution in [0.5, 0.6) is 0 Å². The third-order valence-corrected chi connectivity index (χ3v) is 4.15. The lowest BCUT2D eigenvalue weighted by Crippen LogP contribution is -2.05. The standard InChI is InChI=1S/C19H14F2N4/c20-17-5-2-6-18(21)16(17)8-10-25-12-19(23-24-25)15-4-1-3-13-11-22-9-7-14(13)15/h1-7,9,11-12H,8,10H2. The molecular formula is C19H14F2N4. The Balaban J connectivity index is 1.60. The van der Waals surface area contributed by atoms with Gasteiger partial charge in [-0.25, -0.2) is 8.78 Å². The molecule has 0 saturated carbocycles. The van der Waals surface area contributed by atoms with Crippen molar-refractivity contribution in [3.63, 3.8) is 0 Å². The molecule has 0 aliphatic rings. The van der Waals surface area contributed by atoms with Gasteiger partial charge in [-0.05, 0) is 30.0 Å². The summed E-state index contributed by atoms with van der Waals surface area (Å²) in [5.41, 5.74) is 1.73. The van der Waals surface area contributed by atoms with Gasteiger partial charge in [0, 0.05) is 35.5 Å². The Kier molecular flexibility index (Phi) is 3.93. The summed E-state index contributed by atoms with van der Waals surface area (Å²) in [5.74, 6) is -1.08. The number of halogens is 2. The first-order chi connectivity index (χ1) is 12.2.